The second kappa shape index (κ2) is 4.60. The summed E-state index contributed by atoms with van der Waals surface area (Å²) in [5.74, 6) is 0.911. The number of hydrogen-bond donors (Lipinski definition) is 1. The number of nitrogens with zero attached hydrogens (tertiary/aromatic N) is 1. The third-order valence-electron chi connectivity index (χ3n) is 3.30. The molecule has 0 aromatic heterocycles. The molecule has 82 valence electrons. The lowest BCUT2D eigenvalue weighted by Gasteiger charge is -2.17. The van der Waals surface area contributed by atoms with Gasteiger partial charge in [-0.25, -0.2) is 0 Å². The SMILES string of the molecule is CC(C)OCCN1C[C@@H]2CCN[C@@H]2C1. The Kier molecular flexibility index (Phi) is 3.42. The Morgan fingerprint density at radius 1 is 1.43 bits per heavy atom. The molecule has 0 amide bonds. The number of hydrogen-bond acceptors (Lipinski definition) is 3. The molecule has 0 spiro atoms. The zero-order valence-corrected chi connectivity index (χ0v) is 9.33. The maximum Gasteiger partial charge on any atom is 0.0596 e. The first-order valence-corrected chi connectivity index (χ1v) is 5.83. The van der Waals surface area contributed by atoms with E-state index in [-0.39, 0.29) is 0 Å². The van der Waals surface area contributed by atoms with Crippen molar-refractivity contribution in [2.24, 2.45) is 5.92 Å². The summed E-state index contributed by atoms with van der Waals surface area (Å²) in [5, 5.41) is 3.57. The summed E-state index contributed by atoms with van der Waals surface area (Å²) in [7, 11) is 0. The molecule has 2 aliphatic rings. The maximum absolute atomic E-state index is 5.56. The minimum Gasteiger partial charge on any atom is -0.377 e. The smallest absolute Gasteiger partial charge is 0.0596 e. The molecule has 2 aliphatic heterocycles. The molecule has 14 heavy (non-hydrogen) atoms. The minimum atomic E-state index is 0.371. The third kappa shape index (κ3) is 2.47. The van der Waals surface area contributed by atoms with Gasteiger partial charge >= 0.3 is 0 Å². The molecule has 2 rings (SSSR count). The van der Waals surface area contributed by atoms with Crippen LogP contribution in [0.15, 0.2) is 0 Å². The van der Waals surface area contributed by atoms with E-state index in [1.54, 1.807) is 0 Å². The van der Waals surface area contributed by atoms with Gasteiger partial charge in [0.25, 0.3) is 0 Å². The van der Waals surface area contributed by atoms with Crippen molar-refractivity contribution in [3.63, 3.8) is 0 Å². The van der Waals surface area contributed by atoms with Gasteiger partial charge in [-0.05, 0) is 32.7 Å². The van der Waals surface area contributed by atoms with Crippen LogP contribution in [0.25, 0.3) is 0 Å². The second-order valence-electron chi connectivity index (χ2n) is 4.79. The Balaban J connectivity index is 1.64. The van der Waals surface area contributed by atoms with Crippen LogP contribution in [0.1, 0.15) is 20.3 Å². The molecule has 0 saturated carbocycles. The molecule has 2 fully saturated rings. The van der Waals surface area contributed by atoms with Gasteiger partial charge in [-0.15, -0.1) is 0 Å². The molecule has 0 bridgehead atoms. The lowest BCUT2D eigenvalue weighted by atomic mass is 10.1. The third-order valence-corrected chi connectivity index (χ3v) is 3.30. The number of rotatable bonds is 4. The van der Waals surface area contributed by atoms with Gasteiger partial charge in [-0.1, -0.05) is 0 Å². The predicted molar refractivity (Wildman–Crippen MR) is 57.4 cm³/mol. The average Bonchev–Trinajstić information content (AvgIpc) is 2.62. The lowest BCUT2D eigenvalue weighted by Crippen LogP contribution is -2.32. The number of nitrogens with one attached hydrogen (secondary N) is 1. The average molecular weight is 198 g/mol. The topological polar surface area (TPSA) is 24.5 Å². The van der Waals surface area contributed by atoms with E-state index in [9.17, 15) is 0 Å². The first kappa shape index (κ1) is 10.4. The molecule has 2 atom stereocenters. The Morgan fingerprint density at radius 3 is 3.00 bits per heavy atom. The largest absolute Gasteiger partial charge is 0.377 e. The highest BCUT2D eigenvalue weighted by Crippen LogP contribution is 2.23. The summed E-state index contributed by atoms with van der Waals surface area (Å²) in [6, 6.07) is 0.772. The molecule has 2 heterocycles. The van der Waals surface area contributed by atoms with Crippen LogP contribution >= 0.6 is 0 Å². The monoisotopic (exact) mass is 198 g/mol. The Labute approximate surface area is 86.8 Å². The van der Waals surface area contributed by atoms with Crippen LogP contribution in [0, 0.1) is 5.92 Å². The molecular weight excluding hydrogens is 176 g/mol. The summed E-state index contributed by atoms with van der Waals surface area (Å²) in [6.07, 6.45) is 1.74. The number of ether oxygens (including phenoxy) is 1. The molecule has 2 saturated heterocycles. The van der Waals surface area contributed by atoms with Gasteiger partial charge in [0.2, 0.25) is 0 Å². The highest BCUT2D eigenvalue weighted by molar-refractivity contribution is 4.93. The van der Waals surface area contributed by atoms with Crippen LogP contribution < -0.4 is 5.32 Å². The zero-order chi connectivity index (χ0) is 9.97. The maximum atomic E-state index is 5.56. The van der Waals surface area contributed by atoms with Crippen molar-refractivity contribution in [2.75, 3.05) is 32.8 Å². The van der Waals surface area contributed by atoms with E-state index in [2.05, 4.69) is 24.1 Å². The zero-order valence-electron chi connectivity index (χ0n) is 9.33. The highest BCUT2D eigenvalue weighted by Gasteiger charge is 2.35. The van der Waals surface area contributed by atoms with E-state index in [0.29, 0.717) is 6.10 Å². The van der Waals surface area contributed by atoms with E-state index >= 15 is 0 Å². The van der Waals surface area contributed by atoms with E-state index in [1.807, 2.05) is 0 Å². The van der Waals surface area contributed by atoms with E-state index in [0.717, 1.165) is 25.1 Å². The molecular formula is C11H22N2O. The molecule has 0 aromatic rings. The van der Waals surface area contributed by atoms with Gasteiger partial charge in [0.1, 0.15) is 0 Å². The Bertz CT molecular complexity index is 172. The normalized spacial score (nSPS) is 32.8. The van der Waals surface area contributed by atoms with Crippen LogP contribution in [-0.2, 0) is 4.74 Å². The molecule has 0 unspecified atom stereocenters. The van der Waals surface area contributed by atoms with Crippen molar-refractivity contribution in [1.29, 1.82) is 0 Å². The first-order chi connectivity index (χ1) is 6.75. The van der Waals surface area contributed by atoms with Crippen molar-refractivity contribution in [1.82, 2.24) is 10.2 Å². The highest BCUT2D eigenvalue weighted by atomic mass is 16.5. The fraction of sp³-hybridized carbons (Fsp3) is 1.00. The van der Waals surface area contributed by atoms with Gasteiger partial charge in [-0.2, -0.15) is 0 Å². The summed E-state index contributed by atoms with van der Waals surface area (Å²) in [5.41, 5.74) is 0. The van der Waals surface area contributed by atoms with E-state index in [1.165, 1.54) is 26.1 Å². The van der Waals surface area contributed by atoms with Gasteiger partial charge in [0.15, 0.2) is 0 Å². The summed E-state index contributed by atoms with van der Waals surface area (Å²) in [4.78, 5) is 2.53. The fourth-order valence-electron chi connectivity index (χ4n) is 2.54. The summed E-state index contributed by atoms with van der Waals surface area (Å²) < 4.78 is 5.56. The van der Waals surface area contributed by atoms with Crippen molar-refractivity contribution in [3.8, 4) is 0 Å². The van der Waals surface area contributed by atoms with Crippen LogP contribution in [-0.4, -0.2) is 49.8 Å². The van der Waals surface area contributed by atoms with Crippen molar-refractivity contribution in [3.05, 3.63) is 0 Å². The quantitative estimate of drug-likeness (QED) is 0.720. The molecule has 1 N–H and O–H groups in total. The van der Waals surface area contributed by atoms with Gasteiger partial charge in [0.05, 0.1) is 12.7 Å². The summed E-state index contributed by atoms with van der Waals surface area (Å²) in [6.45, 7) is 9.92. The van der Waals surface area contributed by atoms with Crippen LogP contribution in [0.5, 0.6) is 0 Å². The van der Waals surface area contributed by atoms with Gasteiger partial charge in [0, 0.05) is 25.7 Å². The Hall–Kier alpha value is -0.120. The first-order valence-electron chi connectivity index (χ1n) is 5.83. The van der Waals surface area contributed by atoms with E-state index in [4.69, 9.17) is 4.74 Å². The molecule has 3 heteroatoms. The standard InChI is InChI=1S/C11H22N2O/c1-9(2)14-6-5-13-7-10-3-4-12-11(10)8-13/h9-12H,3-8H2,1-2H3/t10-,11+/m0/s1. The van der Waals surface area contributed by atoms with Crippen LogP contribution in [0.3, 0.4) is 0 Å². The molecule has 0 aliphatic carbocycles. The molecule has 0 radical (unpaired) electrons. The van der Waals surface area contributed by atoms with Crippen molar-refractivity contribution < 1.29 is 4.74 Å². The second-order valence-corrected chi connectivity index (χ2v) is 4.79. The predicted octanol–water partition coefficient (Wildman–Crippen LogP) is 0.705. The van der Waals surface area contributed by atoms with Crippen molar-refractivity contribution in [2.45, 2.75) is 32.4 Å². The number of likely N-dealkylation sites (tertiary alicyclic amines) is 1. The molecule has 0 aromatic carbocycles. The minimum absolute atomic E-state index is 0.371. The molecule has 3 nitrogen and oxygen atoms in total. The lowest BCUT2D eigenvalue weighted by molar-refractivity contribution is 0.0624. The van der Waals surface area contributed by atoms with Gasteiger partial charge in [-0.3, -0.25) is 4.90 Å². The number of fused-ring (bicyclic) bond motifs is 1. The van der Waals surface area contributed by atoms with Crippen molar-refractivity contribution >= 4 is 0 Å². The van der Waals surface area contributed by atoms with Crippen LogP contribution in [0.4, 0.5) is 0 Å². The van der Waals surface area contributed by atoms with E-state index < -0.39 is 0 Å². The Morgan fingerprint density at radius 2 is 2.29 bits per heavy atom. The summed E-state index contributed by atoms with van der Waals surface area (Å²) >= 11 is 0. The van der Waals surface area contributed by atoms with Crippen LogP contribution in [0.2, 0.25) is 0 Å². The fourth-order valence-corrected chi connectivity index (χ4v) is 2.54. The van der Waals surface area contributed by atoms with Gasteiger partial charge < -0.3 is 10.1 Å².